The summed E-state index contributed by atoms with van der Waals surface area (Å²) in [5.74, 6) is -4.51. The van der Waals surface area contributed by atoms with Gasteiger partial charge in [0.15, 0.2) is 0 Å². The number of carboxylic acid groups (broad SMARTS) is 1. The van der Waals surface area contributed by atoms with Crippen molar-refractivity contribution in [1.82, 2.24) is 9.88 Å². The van der Waals surface area contributed by atoms with E-state index in [4.69, 9.17) is 0 Å². The lowest BCUT2D eigenvalue weighted by molar-refractivity contribution is -0.118. The Labute approximate surface area is 213 Å². The Kier molecular flexibility index (Phi) is 8.03. The molecule has 7 nitrogen and oxygen atoms in total. The average molecular weight is 507 g/mol. The van der Waals surface area contributed by atoms with Crippen LogP contribution in [0.5, 0.6) is 0 Å². The number of amides is 1. The second-order valence-electron chi connectivity index (χ2n) is 8.71. The van der Waals surface area contributed by atoms with Crippen molar-refractivity contribution in [2.75, 3.05) is 31.5 Å². The summed E-state index contributed by atoms with van der Waals surface area (Å²) in [6.07, 6.45) is 2.16. The molecule has 1 amide bonds. The number of carboxylic acids is 1. The first-order valence-corrected chi connectivity index (χ1v) is 12.2. The molecule has 2 aromatic carbocycles. The van der Waals surface area contributed by atoms with Crippen molar-refractivity contribution in [3.8, 4) is 11.1 Å². The maximum atomic E-state index is 14.8. The van der Waals surface area contributed by atoms with Crippen molar-refractivity contribution in [3.63, 3.8) is 0 Å². The van der Waals surface area contributed by atoms with E-state index in [0.29, 0.717) is 29.1 Å². The highest BCUT2D eigenvalue weighted by atomic mass is 19.1. The van der Waals surface area contributed by atoms with Crippen LogP contribution in [0, 0.1) is 11.6 Å². The molecular weight excluding hydrogens is 478 g/mol. The number of benzene rings is 2. The van der Waals surface area contributed by atoms with Crippen molar-refractivity contribution in [2.24, 2.45) is 4.99 Å². The number of nitrogens with one attached hydrogen (secondary N) is 1. The molecule has 3 aromatic rings. The molecule has 4 rings (SSSR count). The van der Waals surface area contributed by atoms with Crippen LogP contribution in [0.25, 0.3) is 11.1 Å². The van der Waals surface area contributed by atoms with Crippen molar-refractivity contribution in [2.45, 2.75) is 26.2 Å². The molecule has 1 aliphatic rings. The lowest BCUT2D eigenvalue weighted by Crippen LogP contribution is -2.26. The monoisotopic (exact) mass is 506 g/mol. The van der Waals surface area contributed by atoms with Crippen molar-refractivity contribution in [3.05, 3.63) is 82.5 Å². The van der Waals surface area contributed by atoms with Gasteiger partial charge in [-0.15, -0.1) is 0 Å². The van der Waals surface area contributed by atoms with Crippen molar-refractivity contribution in [1.29, 1.82) is 0 Å². The molecule has 0 aliphatic carbocycles. The van der Waals surface area contributed by atoms with Crippen LogP contribution in [0.15, 0.2) is 53.5 Å². The quantitative estimate of drug-likeness (QED) is 0.378. The molecule has 0 spiro atoms. The van der Waals surface area contributed by atoms with Gasteiger partial charge in [0, 0.05) is 23.9 Å². The largest absolute Gasteiger partial charge is 0.478 e. The van der Waals surface area contributed by atoms with Crippen LogP contribution in [0.4, 0.5) is 14.6 Å². The third-order valence-corrected chi connectivity index (χ3v) is 6.49. The van der Waals surface area contributed by atoms with Crippen molar-refractivity contribution < 1.29 is 23.5 Å². The average Bonchev–Trinajstić information content (AvgIpc) is 2.89. The summed E-state index contributed by atoms with van der Waals surface area (Å²) in [6.45, 7) is 7.54. The van der Waals surface area contributed by atoms with Crippen LogP contribution in [-0.2, 0) is 4.79 Å². The Bertz CT molecular complexity index is 1330. The van der Waals surface area contributed by atoms with E-state index in [0.717, 1.165) is 38.2 Å². The molecule has 1 unspecified atom stereocenters. The van der Waals surface area contributed by atoms with Gasteiger partial charge in [-0.2, -0.15) is 0 Å². The number of aliphatic imine (C=N–C) groups is 1. The molecule has 192 valence electrons. The van der Waals surface area contributed by atoms with E-state index in [9.17, 15) is 23.5 Å². The molecule has 1 aromatic heterocycles. The lowest BCUT2D eigenvalue weighted by atomic mass is 9.86. The first kappa shape index (κ1) is 26.1. The molecule has 2 N–H and O–H groups in total. The molecule has 9 heteroatoms. The van der Waals surface area contributed by atoms with Gasteiger partial charge in [0.25, 0.3) is 5.91 Å². The maximum absolute atomic E-state index is 14.8. The van der Waals surface area contributed by atoms with E-state index in [-0.39, 0.29) is 11.3 Å². The molecule has 0 bridgehead atoms. The molecular formula is C28H28F2N4O3. The highest BCUT2D eigenvalue weighted by molar-refractivity contribution is 6.06. The minimum absolute atomic E-state index is 0.0808. The Morgan fingerprint density at radius 1 is 1.08 bits per heavy atom. The van der Waals surface area contributed by atoms with E-state index in [1.807, 2.05) is 0 Å². The smallest absolute Gasteiger partial charge is 0.335 e. The predicted octanol–water partition coefficient (Wildman–Crippen LogP) is 4.96. The number of nitrogens with zero attached hydrogens (tertiary/aromatic N) is 3. The number of rotatable bonds is 10. The van der Waals surface area contributed by atoms with Gasteiger partial charge in [-0.05, 0) is 67.5 Å². The fraction of sp³-hybridized carbons (Fsp3) is 0.286. The van der Waals surface area contributed by atoms with Gasteiger partial charge in [-0.25, -0.2) is 23.6 Å². The fourth-order valence-corrected chi connectivity index (χ4v) is 4.50. The van der Waals surface area contributed by atoms with Crippen LogP contribution in [0.2, 0.25) is 0 Å². The Balaban J connectivity index is 1.82. The topological polar surface area (TPSA) is 94.9 Å². The van der Waals surface area contributed by atoms with Gasteiger partial charge in [0.05, 0.1) is 11.3 Å². The number of hydrogen-bond donors (Lipinski definition) is 2. The molecule has 0 fully saturated rings. The highest BCUT2D eigenvalue weighted by Crippen LogP contribution is 2.38. The standard InChI is InChI=1S/C28H28F2N4O3/c1-3-34(4-2)13-7-12-31-23-15-19(17-8-5-9-18(14-17)28(36)37)20-16-32-27(35)25(26(20)33-23)24-21(29)10-6-11-22(24)30/h5-6,8-11,14-16,25H,3-4,7,12-13H2,1-2H3,(H,31,33)(H,36,37). The molecule has 0 saturated heterocycles. The normalized spacial score (nSPS) is 14.6. The number of fused-ring (bicyclic) bond motifs is 1. The molecule has 1 aliphatic heterocycles. The minimum atomic E-state index is -1.37. The number of halogens is 2. The zero-order valence-corrected chi connectivity index (χ0v) is 20.7. The van der Waals surface area contributed by atoms with Gasteiger partial charge in [-0.1, -0.05) is 32.0 Å². The van der Waals surface area contributed by atoms with Gasteiger partial charge in [-0.3, -0.25) is 4.79 Å². The number of pyridine rings is 1. The van der Waals surface area contributed by atoms with Gasteiger partial charge in [0.2, 0.25) is 0 Å². The Morgan fingerprint density at radius 2 is 1.78 bits per heavy atom. The third kappa shape index (κ3) is 5.56. The number of carbonyl (C=O) groups excluding carboxylic acids is 1. The van der Waals surface area contributed by atoms with E-state index in [1.54, 1.807) is 18.2 Å². The van der Waals surface area contributed by atoms with E-state index < -0.39 is 35.0 Å². The highest BCUT2D eigenvalue weighted by Gasteiger charge is 2.35. The van der Waals surface area contributed by atoms with E-state index in [1.165, 1.54) is 24.4 Å². The molecule has 2 heterocycles. The first-order valence-electron chi connectivity index (χ1n) is 12.2. The lowest BCUT2D eigenvalue weighted by Gasteiger charge is -2.24. The molecule has 0 saturated carbocycles. The summed E-state index contributed by atoms with van der Waals surface area (Å²) in [6, 6.07) is 11.5. The predicted molar refractivity (Wildman–Crippen MR) is 138 cm³/mol. The maximum Gasteiger partial charge on any atom is 0.335 e. The van der Waals surface area contributed by atoms with Crippen LogP contribution in [0.3, 0.4) is 0 Å². The summed E-state index contributed by atoms with van der Waals surface area (Å²) >= 11 is 0. The van der Waals surface area contributed by atoms with Crippen molar-refractivity contribution >= 4 is 23.9 Å². The zero-order chi connectivity index (χ0) is 26.5. The number of hydrogen-bond acceptors (Lipinski definition) is 5. The zero-order valence-electron chi connectivity index (χ0n) is 20.7. The SMILES string of the molecule is CCN(CC)CCCNc1cc(-c2cccc(C(=O)O)c2)c2c(n1)C(c1c(F)cccc1F)C(=O)N=C2. The van der Waals surface area contributed by atoms with Crippen LogP contribution in [0.1, 0.15) is 53.4 Å². The van der Waals surface area contributed by atoms with E-state index in [2.05, 4.69) is 34.0 Å². The minimum Gasteiger partial charge on any atom is -0.478 e. The van der Waals surface area contributed by atoms with E-state index >= 15 is 0 Å². The van der Waals surface area contributed by atoms with Crippen LogP contribution < -0.4 is 5.32 Å². The second kappa shape index (κ2) is 11.4. The number of aromatic nitrogens is 1. The fourth-order valence-electron chi connectivity index (χ4n) is 4.50. The third-order valence-electron chi connectivity index (χ3n) is 6.49. The van der Waals surface area contributed by atoms with Gasteiger partial charge >= 0.3 is 5.97 Å². The first-order chi connectivity index (χ1) is 17.8. The molecule has 0 radical (unpaired) electrons. The summed E-state index contributed by atoms with van der Waals surface area (Å²) in [5, 5.41) is 12.7. The summed E-state index contributed by atoms with van der Waals surface area (Å²) in [4.78, 5) is 35.3. The number of anilines is 1. The number of carbonyl (C=O) groups is 2. The van der Waals surface area contributed by atoms with Crippen LogP contribution in [-0.4, -0.2) is 59.3 Å². The van der Waals surface area contributed by atoms with Crippen LogP contribution >= 0.6 is 0 Å². The Hall–Kier alpha value is -3.98. The summed E-state index contributed by atoms with van der Waals surface area (Å²) < 4.78 is 29.6. The number of aromatic carboxylic acids is 1. The van der Waals surface area contributed by atoms with Gasteiger partial charge in [0.1, 0.15) is 23.4 Å². The molecule has 37 heavy (non-hydrogen) atoms. The second-order valence-corrected chi connectivity index (χ2v) is 8.71. The summed E-state index contributed by atoms with van der Waals surface area (Å²) in [5.41, 5.74) is 1.34. The molecule has 1 atom stereocenters. The summed E-state index contributed by atoms with van der Waals surface area (Å²) in [7, 11) is 0. The van der Waals surface area contributed by atoms with Gasteiger partial charge < -0.3 is 15.3 Å². The Morgan fingerprint density at radius 3 is 2.46 bits per heavy atom.